The zero-order valence-electron chi connectivity index (χ0n) is 23.1. The van der Waals surface area contributed by atoms with E-state index in [2.05, 4.69) is 5.32 Å². The highest BCUT2D eigenvalue weighted by Gasteiger charge is 2.34. The van der Waals surface area contributed by atoms with Gasteiger partial charge in [0.05, 0.1) is 10.6 Å². The predicted octanol–water partition coefficient (Wildman–Crippen LogP) is 6.22. The van der Waals surface area contributed by atoms with Gasteiger partial charge in [-0.15, -0.1) is 0 Å². The standard InChI is InChI=1S/C30H35Cl2N3O4S/c1-5-22(4)33-30(37)28(6-2)34(19-25-26(31)13-10-14-27(25)32)29(36)20-35(23-17-15-21(3)16-18-23)40(38,39)24-11-8-7-9-12-24/h7-18,22,28H,5-6,19-20H2,1-4H3,(H,33,37)/t22-,28-/m0/s1. The van der Waals surface area contributed by atoms with Gasteiger partial charge < -0.3 is 10.2 Å². The van der Waals surface area contributed by atoms with Crippen LogP contribution in [0.4, 0.5) is 5.69 Å². The Kier molecular flexibility index (Phi) is 11.0. The zero-order chi connectivity index (χ0) is 29.4. The van der Waals surface area contributed by atoms with Crippen molar-refractivity contribution in [3.63, 3.8) is 0 Å². The van der Waals surface area contributed by atoms with Gasteiger partial charge in [-0.05, 0) is 63.1 Å². The van der Waals surface area contributed by atoms with Gasteiger partial charge in [-0.25, -0.2) is 8.42 Å². The lowest BCUT2D eigenvalue weighted by molar-refractivity contribution is -0.140. The van der Waals surface area contributed by atoms with Gasteiger partial charge in [0.1, 0.15) is 12.6 Å². The number of amides is 2. The van der Waals surface area contributed by atoms with Gasteiger partial charge in [-0.2, -0.15) is 0 Å². The average Bonchev–Trinajstić information content (AvgIpc) is 2.93. The first kappa shape index (κ1) is 31.5. The third-order valence-corrected chi connectivity index (χ3v) is 9.21. The van der Waals surface area contributed by atoms with Gasteiger partial charge in [0.15, 0.2) is 0 Å². The molecule has 7 nitrogen and oxygen atoms in total. The van der Waals surface area contributed by atoms with Crippen molar-refractivity contribution >= 4 is 50.7 Å². The van der Waals surface area contributed by atoms with E-state index in [1.807, 2.05) is 20.8 Å². The van der Waals surface area contributed by atoms with Crippen molar-refractivity contribution in [3.8, 4) is 0 Å². The summed E-state index contributed by atoms with van der Waals surface area (Å²) in [5.41, 5.74) is 1.74. The van der Waals surface area contributed by atoms with E-state index in [4.69, 9.17) is 23.2 Å². The summed E-state index contributed by atoms with van der Waals surface area (Å²) in [6, 6.07) is 18.8. The number of carbonyl (C=O) groups excluding carboxylic acids is 2. The molecule has 0 aliphatic heterocycles. The molecular weight excluding hydrogens is 569 g/mol. The van der Waals surface area contributed by atoms with Crippen LogP contribution in [-0.2, 0) is 26.2 Å². The molecule has 3 rings (SSSR count). The van der Waals surface area contributed by atoms with Crippen LogP contribution in [0.5, 0.6) is 0 Å². The number of anilines is 1. The number of rotatable bonds is 12. The van der Waals surface area contributed by atoms with E-state index < -0.39 is 28.5 Å². The number of benzene rings is 3. The summed E-state index contributed by atoms with van der Waals surface area (Å²) in [5, 5.41) is 3.63. The summed E-state index contributed by atoms with van der Waals surface area (Å²) in [4.78, 5) is 28.9. The lowest BCUT2D eigenvalue weighted by atomic mass is 10.1. The van der Waals surface area contributed by atoms with Crippen LogP contribution in [0.15, 0.2) is 77.7 Å². The van der Waals surface area contributed by atoms with E-state index in [1.165, 1.54) is 17.0 Å². The fourth-order valence-electron chi connectivity index (χ4n) is 4.17. The largest absolute Gasteiger partial charge is 0.352 e. The molecule has 2 amide bonds. The molecular formula is C30H35Cl2N3O4S. The third-order valence-electron chi connectivity index (χ3n) is 6.71. The molecule has 0 fully saturated rings. The van der Waals surface area contributed by atoms with E-state index in [-0.39, 0.29) is 23.4 Å². The smallest absolute Gasteiger partial charge is 0.264 e. The molecule has 0 aliphatic rings. The first-order valence-corrected chi connectivity index (χ1v) is 15.4. The second-order valence-corrected chi connectivity index (χ2v) is 12.3. The summed E-state index contributed by atoms with van der Waals surface area (Å²) in [6.07, 6.45) is 1.01. The van der Waals surface area contributed by atoms with Crippen molar-refractivity contribution in [2.45, 2.75) is 64.1 Å². The Morgan fingerprint density at radius 2 is 1.48 bits per heavy atom. The second kappa shape index (κ2) is 14.0. The first-order chi connectivity index (χ1) is 19.0. The number of hydrogen-bond acceptors (Lipinski definition) is 4. The Balaban J connectivity index is 2.08. The SMILES string of the molecule is CC[C@H](C)NC(=O)[C@H](CC)N(Cc1c(Cl)cccc1Cl)C(=O)CN(c1ccc(C)cc1)S(=O)(=O)c1ccccc1. The van der Waals surface area contributed by atoms with Gasteiger partial charge in [0, 0.05) is 28.2 Å². The topological polar surface area (TPSA) is 86.8 Å². The molecule has 2 atom stereocenters. The van der Waals surface area contributed by atoms with Crippen LogP contribution in [0, 0.1) is 6.92 Å². The number of hydrogen-bond donors (Lipinski definition) is 1. The summed E-state index contributed by atoms with van der Waals surface area (Å²) >= 11 is 12.9. The van der Waals surface area contributed by atoms with E-state index in [0.29, 0.717) is 34.1 Å². The van der Waals surface area contributed by atoms with Gasteiger partial charge in [-0.1, -0.05) is 79.0 Å². The maximum atomic E-state index is 14.1. The molecule has 0 unspecified atom stereocenters. The Hall–Kier alpha value is -3.07. The highest BCUT2D eigenvalue weighted by molar-refractivity contribution is 7.92. The minimum absolute atomic E-state index is 0.0469. The minimum Gasteiger partial charge on any atom is -0.352 e. The summed E-state index contributed by atoms with van der Waals surface area (Å²) < 4.78 is 28.7. The average molecular weight is 605 g/mol. The Morgan fingerprint density at radius 3 is 2.02 bits per heavy atom. The highest BCUT2D eigenvalue weighted by Crippen LogP contribution is 2.29. The summed E-state index contributed by atoms with van der Waals surface area (Å²) in [6.45, 7) is 6.92. The third kappa shape index (κ3) is 7.56. The molecule has 0 aliphatic carbocycles. The number of nitrogens with zero attached hydrogens (tertiary/aromatic N) is 2. The Labute approximate surface area is 247 Å². The van der Waals surface area contributed by atoms with Crippen molar-refractivity contribution in [1.29, 1.82) is 0 Å². The van der Waals surface area contributed by atoms with Crippen LogP contribution in [0.25, 0.3) is 0 Å². The van der Waals surface area contributed by atoms with Crippen molar-refractivity contribution in [2.24, 2.45) is 0 Å². The lowest BCUT2D eigenvalue weighted by Gasteiger charge is -2.34. The molecule has 0 saturated carbocycles. The maximum absolute atomic E-state index is 14.1. The van der Waals surface area contributed by atoms with Gasteiger partial charge in [0.25, 0.3) is 10.0 Å². The Bertz CT molecular complexity index is 1400. The fraction of sp³-hybridized carbons (Fsp3) is 0.333. The second-order valence-electron chi connectivity index (χ2n) is 9.62. The molecule has 1 N–H and O–H groups in total. The number of carbonyl (C=O) groups is 2. The number of nitrogens with one attached hydrogen (secondary N) is 1. The van der Waals surface area contributed by atoms with Gasteiger partial charge in [-0.3, -0.25) is 13.9 Å². The summed E-state index contributed by atoms with van der Waals surface area (Å²) in [5.74, 6) is -0.900. The highest BCUT2D eigenvalue weighted by atomic mass is 35.5. The molecule has 214 valence electrons. The van der Waals surface area contributed by atoms with Gasteiger partial charge >= 0.3 is 0 Å². The molecule has 0 saturated heterocycles. The number of aryl methyl sites for hydroxylation is 1. The van der Waals surface area contributed by atoms with E-state index in [0.717, 1.165) is 9.87 Å². The van der Waals surface area contributed by atoms with Crippen LogP contribution in [-0.4, -0.2) is 43.8 Å². The molecule has 3 aromatic carbocycles. The van der Waals surface area contributed by atoms with Crippen molar-refractivity contribution < 1.29 is 18.0 Å². The molecule has 0 radical (unpaired) electrons. The minimum atomic E-state index is -4.13. The lowest BCUT2D eigenvalue weighted by Crippen LogP contribution is -2.53. The molecule has 0 spiro atoms. The van der Waals surface area contributed by atoms with Gasteiger partial charge in [0.2, 0.25) is 11.8 Å². The zero-order valence-corrected chi connectivity index (χ0v) is 25.4. The van der Waals surface area contributed by atoms with Crippen LogP contribution >= 0.6 is 23.2 Å². The Morgan fingerprint density at radius 1 is 0.875 bits per heavy atom. The van der Waals surface area contributed by atoms with E-state index >= 15 is 0 Å². The molecule has 10 heteroatoms. The quantitative estimate of drug-likeness (QED) is 0.266. The van der Waals surface area contributed by atoms with Crippen LogP contribution in [0.2, 0.25) is 10.0 Å². The molecule has 0 bridgehead atoms. The van der Waals surface area contributed by atoms with E-state index in [1.54, 1.807) is 67.6 Å². The number of halogens is 2. The van der Waals surface area contributed by atoms with E-state index in [9.17, 15) is 18.0 Å². The fourth-order valence-corrected chi connectivity index (χ4v) is 6.13. The first-order valence-electron chi connectivity index (χ1n) is 13.2. The molecule has 0 aromatic heterocycles. The van der Waals surface area contributed by atoms with Crippen LogP contribution in [0.1, 0.15) is 44.7 Å². The normalized spacial score (nSPS) is 12.8. The molecule has 0 heterocycles. The number of sulfonamides is 1. The van der Waals surface area contributed by atoms with Crippen LogP contribution in [0.3, 0.4) is 0 Å². The molecule has 40 heavy (non-hydrogen) atoms. The van der Waals surface area contributed by atoms with Crippen LogP contribution < -0.4 is 9.62 Å². The van der Waals surface area contributed by atoms with Crippen molar-refractivity contribution in [1.82, 2.24) is 10.2 Å². The summed E-state index contributed by atoms with van der Waals surface area (Å²) in [7, 11) is -4.13. The van der Waals surface area contributed by atoms with Crippen molar-refractivity contribution in [2.75, 3.05) is 10.8 Å². The monoisotopic (exact) mass is 603 g/mol. The maximum Gasteiger partial charge on any atom is 0.264 e. The molecule has 3 aromatic rings. The predicted molar refractivity (Wildman–Crippen MR) is 161 cm³/mol. The van der Waals surface area contributed by atoms with Crippen molar-refractivity contribution in [3.05, 3.63) is 94.0 Å².